The van der Waals surface area contributed by atoms with Crippen molar-refractivity contribution in [2.24, 2.45) is 0 Å². The van der Waals surface area contributed by atoms with Gasteiger partial charge in [-0.2, -0.15) is 5.10 Å². The molecule has 2 aliphatic rings. The van der Waals surface area contributed by atoms with Crippen LogP contribution in [0.1, 0.15) is 21.7 Å². The first-order valence-electron chi connectivity index (χ1n) is 9.77. The van der Waals surface area contributed by atoms with E-state index in [9.17, 15) is 4.79 Å². The molecule has 1 fully saturated rings. The molecule has 4 rings (SSSR count). The number of carbonyl (C=O) groups is 1. The molecule has 2 aliphatic heterocycles. The largest absolute Gasteiger partial charge is 0.369 e. The molecule has 0 bridgehead atoms. The number of aromatic amines is 1. The van der Waals surface area contributed by atoms with Crippen molar-refractivity contribution in [2.75, 3.05) is 57.8 Å². The summed E-state index contributed by atoms with van der Waals surface area (Å²) >= 11 is 0. The monoisotopic (exact) mass is 368 g/mol. The van der Waals surface area contributed by atoms with Crippen molar-refractivity contribution in [1.82, 2.24) is 25.3 Å². The number of nitrogens with zero attached hydrogens (tertiary/aromatic N) is 4. The predicted molar refractivity (Wildman–Crippen MR) is 106 cm³/mol. The number of likely N-dealkylation sites (N-methyl/N-ethyl adjacent to an activating group) is 1. The predicted octanol–water partition coefficient (Wildman–Crippen LogP) is 0.950. The number of para-hydroxylation sites is 1. The van der Waals surface area contributed by atoms with Gasteiger partial charge >= 0.3 is 0 Å². The number of nitrogens with one attached hydrogen (secondary N) is 2. The molecule has 0 radical (unpaired) electrons. The van der Waals surface area contributed by atoms with Gasteiger partial charge in [-0.1, -0.05) is 18.2 Å². The molecular formula is C20H28N6O. The third kappa shape index (κ3) is 3.99. The van der Waals surface area contributed by atoms with Crippen molar-refractivity contribution in [1.29, 1.82) is 0 Å². The van der Waals surface area contributed by atoms with E-state index in [1.165, 1.54) is 5.69 Å². The van der Waals surface area contributed by atoms with Crippen LogP contribution in [-0.2, 0) is 13.0 Å². The van der Waals surface area contributed by atoms with Gasteiger partial charge in [-0.3, -0.25) is 14.8 Å². The van der Waals surface area contributed by atoms with Crippen LogP contribution in [0.5, 0.6) is 0 Å². The highest BCUT2D eigenvalue weighted by molar-refractivity contribution is 5.93. The molecule has 3 heterocycles. The summed E-state index contributed by atoms with van der Waals surface area (Å²) in [6, 6.07) is 10.6. The second kappa shape index (κ2) is 8.10. The number of fused-ring (bicyclic) bond motifs is 1. The molecule has 144 valence electrons. The lowest BCUT2D eigenvalue weighted by molar-refractivity contribution is 0.0769. The molecule has 2 aromatic rings. The maximum atomic E-state index is 12.8. The second-order valence-corrected chi connectivity index (χ2v) is 7.35. The Balaban J connectivity index is 1.27. The Kier molecular flexibility index (Phi) is 5.40. The van der Waals surface area contributed by atoms with E-state index in [1.807, 2.05) is 7.05 Å². The first kappa shape index (κ1) is 18.0. The molecule has 7 heteroatoms. The van der Waals surface area contributed by atoms with E-state index >= 15 is 0 Å². The third-order valence-electron chi connectivity index (χ3n) is 5.60. The molecule has 0 aliphatic carbocycles. The fraction of sp³-hybridized carbons (Fsp3) is 0.500. The highest BCUT2D eigenvalue weighted by atomic mass is 16.2. The molecule has 1 saturated heterocycles. The van der Waals surface area contributed by atoms with Crippen LogP contribution in [0.2, 0.25) is 0 Å². The zero-order valence-electron chi connectivity index (χ0n) is 15.9. The van der Waals surface area contributed by atoms with Gasteiger partial charge in [-0.15, -0.1) is 0 Å². The lowest BCUT2D eigenvalue weighted by atomic mass is 10.1. The first-order chi connectivity index (χ1) is 13.2. The molecule has 1 aromatic carbocycles. The minimum Gasteiger partial charge on any atom is -0.369 e. The SMILES string of the molecule is CN(CCN1CCN(c2ccccc2)CC1)C(=O)c1n[nH]c2c1CNCC2. The van der Waals surface area contributed by atoms with Crippen LogP contribution in [0.3, 0.4) is 0 Å². The summed E-state index contributed by atoms with van der Waals surface area (Å²) in [5, 5.41) is 10.6. The topological polar surface area (TPSA) is 67.5 Å². The van der Waals surface area contributed by atoms with E-state index in [-0.39, 0.29) is 5.91 Å². The van der Waals surface area contributed by atoms with Crippen molar-refractivity contribution in [3.05, 3.63) is 47.3 Å². The lowest BCUT2D eigenvalue weighted by Gasteiger charge is -2.36. The van der Waals surface area contributed by atoms with E-state index in [2.05, 4.69) is 55.6 Å². The number of benzene rings is 1. The molecule has 0 unspecified atom stereocenters. The van der Waals surface area contributed by atoms with Gasteiger partial charge in [0.1, 0.15) is 0 Å². The van der Waals surface area contributed by atoms with E-state index < -0.39 is 0 Å². The van der Waals surface area contributed by atoms with Gasteiger partial charge in [0, 0.05) is 82.8 Å². The zero-order valence-corrected chi connectivity index (χ0v) is 15.9. The minimum atomic E-state index is 0.0131. The van der Waals surface area contributed by atoms with Crippen LogP contribution in [0.4, 0.5) is 5.69 Å². The average molecular weight is 368 g/mol. The van der Waals surface area contributed by atoms with Crippen molar-refractivity contribution in [3.8, 4) is 0 Å². The molecule has 1 aromatic heterocycles. The number of piperazine rings is 1. The maximum Gasteiger partial charge on any atom is 0.274 e. The zero-order chi connectivity index (χ0) is 18.6. The fourth-order valence-electron chi connectivity index (χ4n) is 3.84. The fourth-order valence-corrected chi connectivity index (χ4v) is 3.84. The van der Waals surface area contributed by atoms with Crippen LogP contribution in [0.25, 0.3) is 0 Å². The van der Waals surface area contributed by atoms with E-state index in [1.54, 1.807) is 4.90 Å². The Bertz CT molecular complexity index is 766. The summed E-state index contributed by atoms with van der Waals surface area (Å²) in [4.78, 5) is 19.4. The van der Waals surface area contributed by atoms with Crippen LogP contribution in [0.15, 0.2) is 30.3 Å². The van der Waals surface area contributed by atoms with Crippen LogP contribution in [-0.4, -0.2) is 78.8 Å². The lowest BCUT2D eigenvalue weighted by Crippen LogP contribution is -2.48. The first-order valence-corrected chi connectivity index (χ1v) is 9.77. The smallest absolute Gasteiger partial charge is 0.274 e. The van der Waals surface area contributed by atoms with Gasteiger partial charge in [0.25, 0.3) is 5.91 Å². The molecule has 7 nitrogen and oxygen atoms in total. The number of carbonyl (C=O) groups excluding carboxylic acids is 1. The molecule has 2 N–H and O–H groups in total. The van der Waals surface area contributed by atoms with Gasteiger partial charge in [0.2, 0.25) is 0 Å². The molecular weight excluding hydrogens is 340 g/mol. The summed E-state index contributed by atoms with van der Waals surface area (Å²) < 4.78 is 0. The summed E-state index contributed by atoms with van der Waals surface area (Å²) in [7, 11) is 1.87. The normalized spacial score (nSPS) is 17.6. The van der Waals surface area contributed by atoms with Gasteiger partial charge in [0.15, 0.2) is 5.69 Å². The Labute approximate surface area is 160 Å². The summed E-state index contributed by atoms with van der Waals surface area (Å²) in [6.07, 6.45) is 0.908. The Morgan fingerprint density at radius 3 is 2.74 bits per heavy atom. The van der Waals surface area contributed by atoms with Crippen molar-refractivity contribution >= 4 is 11.6 Å². The van der Waals surface area contributed by atoms with Crippen LogP contribution < -0.4 is 10.2 Å². The second-order valence-electron chi connectivity index (χ2n) is 7.35. The standard InChI is InChI=1S/C20H28N6O/c1-24(20(27)19-17-15-21-8-7-18(17)22-23-19)9-10-25-11-13-26(14-12-25)16-5-3-2-4-6-16/h2-6,21H,7-15H2,1H3,(H,22,23). The van der Waals surface area contributed by atoms with Crippen molar-refractivity contribution in [3.63, 3.8) is 0 Å². The molecule has 1 amide bonds. The number of H-pyrrole nitrogens is 1. The molecule has 27 heavy (non-hydrogen) atoms. The van der Waals surface area contributed by atoms with Gasteiger partial charge in [-0.05, 0) is 12.1 Å². The van der Waals surface area contributed by atoms with Crippen LogP contribution in [0, 0.1) is 0 Å². The number of hydrogen-bond donors (Lipinski definition) is 2. The molecule has 0 atom stereocenters. The van der Waals surface area contributed by atoms with Gasteiger partial charge in [-0.25, -0.2) is 0 Å². The van der Waals surface area contributed by atoms with Crippen LogP contribution >= 0.6 is 0 Å². The maximum absolute atomic E-state index is 12.8. The Morgan fingerprint density at radius 2 is 1.96 bits per heavy atom. The third-order valence-corrected chi connectivity index (χ3v) is 5.60. The Morgan fingerprint density at radius 1 is 1.19 bits per heavy atom. The van der Waals surface area contributed by atoms with Gasteiger partial charge < -0.3 is 15.1 Å². The van der Waals surface area contributed by atoms with E-state index in [4.69, 9.17) is 0 Å². The highest BCUT2D eigenvalue weighted by Crippen LogP contribution is 2.17. The van der Waals surface area contributed by atoms with E-state index in [0.29, 0.717) is 5.69 Å². The van der Waals surface area contributed by atoms with Crippen molar-refractivity contribution < 1.29 is 4.79 Å². The number of anilines is 1. The Hall–Kier alpha value is -2.38. The quantitative estimate of drug-likeness (QED) is 0.823. The number of rotatable bonds is 5. The van der Waals surface area contributed by atoms with E-state index in [0.717, 1.165) is 70.0 Å². The highest BCUT2D eigenvalue weighted by Gasteiger charge is 2.24. The summed E-state index contributed by atoms with van der Waals surface area (Å²) in [5.74, 6) is 0.0131. The number of aromatic nitrogens is 2. The average Bonchev–Trinajstić information content (AvgIpc) is 3.16. The van der Waals surface area contributed by atoms with Crippen molar-refractivity contribution in [2.45, 2.75) is 13.0 Å². The van der Waals surface area contributed by atoms with Gasteiger partial charge in [0.05, 0.1) is 0 Å². The molecule has 0 spiro atoms. The number of hydrogen-bond acceptors (Lipinski definition) is 5. The minimum absolute atomic E-state index is 0.0131. The summed E-state index contributed by atoms with van der Waals surface area (Å²) in [6.45, 7) is 7.39. The number of amides is 1. The summed E-state index contributed by atoms with van der Waals surface area (Å²) in [5.41, 5.74) is 4.01. The molecule has 0 saturated carbocycles.